The van der Waals surface area contributed by atoms with Gasteiger partial charge in [-0.2, -0.15) is 0 Å². The van der Waals surface area contributed by atoms with Crippen LogP contribution >= 0.6 is 0 Å². The van der Waals surface area contributed by atoms with Crippen molar-refractivity contribution in [3.05, 3.63) is 76.6 Å². The highest BCUT2D eigenvalue weighted by Gasteiger charge is 2.10. The maximum absolute atomic E-state index is 12.3. The molecule has 1 aromatic carbocycles. The summed E-state index contributed by atoms with van der Waals surface area (Å²) < 4.78 is 12.4. The van der Waals surface area contributed by atoms with E-state index < -0.39 is 5.63 Å². The van der Waals surface area contributed by atoms with Gasteiger partial charge in [0.2, 0.25) is 0 Å². The van der Waals surface area contributed by atoms with Crippen molar-refractivity contribution in [2.24, 2.45) is 0 Å². The average molecular weight is 306 g/mol. The lowest BCUT2D eigenvalue weighted by Gasteiger charge is -2.09. The minimum atomic E-state index is -0.476. The van der Waals surface area contributed by atoms with Gasteiger partial charge >= 0.3 is 5.63 Å². The molecule has 0 bridgehead atoms. The number of nitrogens with zero attached hydrogens (tertiary/aromatic N) is 1. The Labute approximate surface area is 130 Å². The molecule has 0 spiro atoms. The molecule has 4 aromatic rings. The normalized spacial score (nSPS) is 11.3. The van der Waals surface area contributed by atoms with Crippen LogP contribution in [-0.4, -0.2) is 4.57 Å². The molecule has 0 unspecified atom stereocenters. The van der Waals surface area contributed by atoms with Gasteiger partial charge in [-0.05, 0) is 24.3 Å². The third-order valence-corrected chi connectivity index (χ3v) is 3.98. The van der Waals surface area contributed by atoms with Crippen molar-refractivity contribution in [2.45, 2.75) is 13.0 Å². The van der Waals surface area contributed by atoms with E-state index in [1.165, 1.54) is 0 Å². The molecule has 0 saturated heterocycles. The molecule has 23 heavy (non-hydrogen) atoms. The monoisotopic (exact) mass is 306 g/mol. The van der Waals surface area contributed by atoms with Gasteiger partial charge in [0.05, 0.1) is 6.26 Å². The molecule has 1 N–H and O–H groups in total. The number of para-hydroxylation sites is 1. The number of fused-ring (bicyclic) bond motifs is 3. The zero-order chi connectivity index (χ0) is 15.8. The number of rotatable bonds is 3. The van der Waals surface area contributed by atoms with E-state index in [0.717, 1.165) is 16.5 Å². The molecule has 3 aromatic heterocycles. The topological polar surface area (TPSA) is 72.1 Å². The van der Waals surface area contributed by atoms with E-state index in [4.69, 9.17) is 14.2 Å². The van der Waals surface area contributed by atoms with Crippen molar-refractivity contribution in [3.63, 3.8) is 0 Å². The van der Waals surface area contributed by atoms with Crippen LogP contribution in [0.25, 0.3) is 21.7 Å². The molecule has 4 rings (SSSR count). The van der Waals surface area contributed by atoms with Gasteiger partial charge in [-0.3, -0.25) is 5.41 Å². The molecule has 114 valence electrons. The SMILES string of the molecule is N=c1c2c(=O)oc3ccccc3c2ccn1CCc1ccco1. The first-order valence-electron chi connectivity index (χ1n) is 7.36. The van der Waals surface area contributed by atoms with Gasteiger partial charge in [-0.15, -0.1) is 0 Å². The van der Waals surface area contributed by atoms with Gasteiger partial charge < -0.3 is 13.4 Å². The molecule has 0 radical (unpaired) electrons. The Morgan fingerprint density at radius 3 is 2.74 bits per heavy atom. The zero-order valence-corrected chi connectivity index (χ0v) is 12.3. The van der Waals surface area contributed by atoms with E-state index in [-0.39, 0.29) is 5.49 Å². The fourth-order valence-corrected chi connectivity index (χ4v) is 2.83. The molecule has 3 heterocycles. The van der Waals surface area contributed by atoms with Gasteiger partial charge in [0.25, 0.3) is 0 Å². The van der Waals surface area contributed by atoms with Gasteiger partial charge in [-0.25, -0.2) is 4.79 Å². The van der Waals surface area contributed by atoms with E-state index in [0.29, 0.717) is 23.9 Å². The highest BCUT2D eigenvalue weighted by Crippen LogP contribution is 2.20. The maximum atomic E-state index is 12.3. The average Bonchev–Trinajstić information content (AvgIpc) is 3.07. The Balaban J connectivity index is 1.88. The molecule has 5 heteroatoms. The summed E-state index contributed by atoms with van der Waals surface area (Å²) in [5, 5.41) is 10.3. The van der Waals surface area contributed by atoms with Crippen LogP contribution in [0.3, 0.4) is 0 Å². The van der Waals surface area contributed by atoms with E-state index in [9.17, 15) is 4.79 Å². The van der Waals surface area contributed by atoms with Crippen LogP contribution in [0.4, 0.5) is 0 Å². The maximum Gasteiger partial charge on any atom is 0.347 e. The lowest BCUT2D eigenvalue weighted by molar-refractivity contribution is 0.487. The molecule has 0 aliphatic carbocycles. The first kappa shape index (κ1) is 13.6. The van der Waals surface area contributed by atoms with Crippen LogP contribution in [0.2, 0.25) is 0 Å². The Morgan fingerprint density at radius 1 is 1.04 bits per heavy atom. The van der Waals surface area contributed by atoms with Crippen LogP contribution in [-0.2, 0) is 13.0 Å². The fraction of sp³-hybridized carbons (Fsp3) is 0.111. The number of hydrogen-bond acceptors (Lipinski definition) is 4. The van der Waals surface area contributed by atoms with Crippen molar-refractivity contribution >= 4 is 21.7 Å². The van der Waals surface area contributed by atoms with E-state index >= 15 is 0 Å². The van der Waals surface area contributed by atoms with Crippen LogP contribution in [0.1, 0.15) is 5.76 Å². The van der Waals surface area contributed by atoms with Crippen LogP contribution in [0.5, 0.6) is 0 Å². The van der Waals surface area contributed by atoms with E-state index in [1.807, 2.05) is 42.6 Å². The smallest absolute Gasteiger partial charge is 0.347 e. The molecular formula is C18H14N2O3. The van der Waals surface area contributed by atoms with Crippen molar-refractivity contribution in [1.29, 1.82) is 5.41 Å². The van der Waals surface area contributed by atoms with Crippen LogP contribution in [0, 0.1) is 5.41 Å². The van der Waals surface area contributed by atoms with Gasteiger partial charge in [-0.1, -0.05) is 18.2 Å². The number of aromatic nitrogens is 1. The van der Waals surface area contributed by atoms with Gasteiger partial charge in [0.15, 0.2) is 0 Å². The second-order valence-electron chi connectivity index (χ2n) is 5.36. The lowest BCUT2D eigenvalue weighted by atomic mass is 10.1. The van der Waals surface area contributed by atoms with Crippen LogP contribution in [0.15, 0.2) is 68.6 Å². The van der Waals surface area contributed by atoms with E-state index in [1.54, 1.807) is 16.9 Å². The zero-order valence-electron chi connectivity index (χ0n) is 12.3. The molecular weight excluding hydrogens is 292 g/mol. The Bertz CT molecular complexity index is 1100. The van der Waals surface area contributed by atoms with Gasteiger partial charge in [0.1, 0.15) is 22.2 Å². The standard InChI is InChI=1S/C18H14N2O3/c19-17-16-14(13-5-1-2-6-15(13)23-18(16)21)8-10-20(17)9-7-12-4-3-11-22-12/h1-6,8,10-11,19H,7,9H2. The summed E-state index contributed by atoms with van der Waals surface area (Å²) in [7, 11) is 0. The number of benzene rings is 1. The largest absolute Gasteiger partial charge is 0.469 e. The Morgan fingerprint density at radius 2 is 1.91 bits per heavy atom. The highest BCUT2D eigenvalue weighted by molar-refractivity contribution is 6.03. The summed E-state index contributed by atoms with van der Waals surface area (Å²) in [4.78, 5) is 12.3. The quantitative estimate of drug-likeness (QED) is 0.467. The molecule has 0 aliphatic heterocycles. The third kappa shape index (κ3) is 2.26. The van der Waals surface area contributed by atoms with Crippen molar-refractivity contribution in [2.75, 3.05) is 0 Å². The fourth-order valence-electron chi connectivity index (χ4n) is 2.83. The van der Waals surface area contributed by atoms with Crippen molar-refractivity contribution in [1.82, 2.24) is 4.57 Å². The number of aryl methyl sites for hydroxylation is 2. The van der Waals surface area contributed by atoms with Crippen molar-refractivity contribution < 1.29 is 8.83 Å². The molecule has 0 amide bonds. The number of furan rings is 1. The minimum absolute atomic E-state index is 0.161. The predicted octanol–water partition coefficient (Wildman–Crippen LogP) is 3.06. The summed E-state index contributed by atoms with van der Waals surface area (Å²) in [6, 6.07) is 13.0. The molecule has 0 atom stereocenters. The Kier molecular flexibility index (Phi) is 3.12. The number of nitrogens with one attached hydrogen (secondary N) is 1. The number of pyridine rings is 1. The number of hydrogen-bond donors (Lipinski definition) is 1. The summed E-state index contributed by atoms with van der Waals surface area (Å²) >= 11 is 0. The first-order chi connectivity index (χ1) is 11.2. The molecule has 0 fully saturated rings. The summed E-state index contributed by atoms with van der Waals surface area (Å²) in [5.41, 5.74) is 0.224. The molecule has 0 aliphatic rings. The summed E-state index contributed by atoms with van der Waals surface area (Å²) in [6.45, 7) is 0.564. The van der Waals surface area contributed by atoms with Crippen LogP contribution < -0.4 is 11.1 Å². The summed E-state index contributed by atoms with van der Waals surface area (Å²) in [6.07, 6.45) is 4.12. The third-order valence-electron chi connectivity index (χ3n) is 3.98. The first-order valence-corrected chi connectivity index (χ1v) is 7.36. The molecule has 5 nitrogen and oxygen atoms in total. The second-order valence-corrected chi connectivity index (χ2v) is 5.36. The minimum Gasteiger partial charge on any atom is -0.469 e. The second kappa shape index (κ2) is 5.28. The predicted molar refractivity (Wildman–Crippen MR) is 86.2 cm³/mol. The summed E-state index contributed by atoms with van der Waals surface area (Å²) in [5.74, 6) is 0.850. The van der Waals surface area contributed by atoms with Crippen molar-refractivity contribution in [3.8, 4) is 0 Å². The van der Waals surface area contributed by atoms with E-state index in [2.05, 4.69) is 0 Å². The van der Waals surface area contributed by atoms with Gasteiger partial charge in [0, 0.05) is 29.9 Å². The Hall–Kier alpha value is -3.08. The highest BCUT2D eigenvalue weighted by atomic mass is 16.4. The molecule has 0 saturated carbocycles. The lowest BCUT2D eigenvalue weighted by Crippen LogP contribution is -2.25.